The number of nitrogens with one attached hydrogen (secondary N) is 1. The third-order valence-electron chi connectivity index (χ3n) is 7.28. The molecular formula is C29H26ClN3O2. The molecule has 35 heavy (non-hydrogen) atoms. The molecule has 176 valence electrons. The summed E-state index contributed by atoms with van der Waals surface area (Å²) < 4.78 is 0. The summed E-state index contributed by atoms with van der Waals surface area (Å²) in [6.45, 7) is 2.66. The van der Waals surface area contributed by atoms with Gasteiger partial charge in [-0.1, -0.05) is 71.8 Å². The molecule has 0 bridgehead atoms. The van der Waals surface area contributed by atoms with Crippen LogP contribution in [0.25, 0.3) is 10.9 Å². The highest BCUT2D eigenvalue weighted by atomic mass is 35.5. The molecule has 2 aliphatic heterocycles. The molecule has 5 nitrogen and oxygen atoms in total. The molecule has 2 atom stereocenters. The number of rotatable bonds is 4. The summed E-state index contributed by atoms with van der Waals surface area (Å²) in [5.41, 5.74) is 6.44. The zero-order valence-electron chi connectivity index (χ0n) is 19.5. The van der Waals surface area contributed by atoms with E-state index in [4.69, 9.17) is 11.6 Å². The second-order valence-electron chi connectivity index (χ2n) is 9.54. The Hall–Kier alpha value is -3.57. The number of hydrogen-bond acceptors (Lipinski definition) is 2. The number of para-hydroxylation sites is 1. The number of amides is 2. The molecule has 0 spiro atoms. The molecule has 2 aliphatic rings. The number of nitrogens with zero attached hydrogens (tertiary/aromatic N) is 2. The van der Waals surface area contributed by atoms with Gasteiger partial charge in [0.15, 0.2) is 0 Å². The first-order chi connectivity index (χ1) is 17.0. The van der Waals surface area contributed by atoms with E-state index in [2.05, 4.69) is 42.2 Å². The molecule has 0 aliphatic carbocycles. The van der Waals surface area contributed by atoms with Crippen LogP contribution in [0.3, 0.4) is 0 Å². The molecule has 6 rings (SSSR count). The molecule has 1 N–H and O–H groups in total. The fourth-order valence-corrected chi connectivity index (χ4v) is 5.74. The Morgan fingerprint density at radius 3 is 2.60 bits per heavy atom. The molecule has 1 fully saturated rings. The first kappa shape index (κ1) is 21.9. The Labute approximate surface area is 209 Å². The normalized spacial score (nSPS) is 19.7. The molecule has 0 unspecified atom stereocenters. The van der Waals surface area contributed by atoms with E-state index in [-0.39, 0.29) is 24.4 Å². The summed E-state index contributed by atoms with van der Waals surface area (Å²) in [4.78, 5) is 34.6. The topological polar surface area (TPSA) is 56.4 Å². The minimum atomic E-state index is -0.515. The van der Waals surface area contributed by atoms with Crippen LogP contribution in [0.15, 0.2) is 72.8 Å². The fourth-order valence-electron chi connectivity index (χ4n) is 5.61. The molecule has 1 saturated heterocycles. The summed E-state index contributed by atoms with van der Waals surface area (Å²) in [7, 11) is 0. The van der Waals surface area contributed by atoms with E-state index in [0.29, 0.717) is 24.4 Å². The van der Waals surface area contributed by atoms with Crippen molar-refractivity contribution in [3.63, 3.8) is 0 Å². The predicted octanol–water partition coefficient (Wildman–Crippen LogP) is 5.06. The number of benzene rings is 3. The number of halogens is 1. The minimum Gasteiger partial charge on any atom is -0.356 e. The zero-order chi connectivity index (χ0) is 24.1. The average molecular weight is 484 g/mol. The predicted molar refractivity (Wildman–Crippen MR) is 137 cm³/mol. The standard InChI is InChI=1S/C29H26ClN3O2/c1-18-5-4-6-20(15-18)28-27-23(22-7-2-3-8-24(22)31-27)16-25-29(35)32(17-26(34)33(25)28)14-13-19-9-11-21(30)12-10-19/h2-12,15,25,28,31H,13-14,16-17H2,1H3/t25-,28+/m0/s1. The van der Waals surface area contributed by atoms with Gasteiger partial charge in [-0.3, -0.25) is 9.59 Å². The summed E-state index contributed by atoms with van der Waals surface area (Å²) >= 11 is 6.01. The molecule has 6 heteroatoms. The number of carbonyl (C=O) groups is 2. The van der Waals surface area contributed by atoms with Crippen LogP contribution in [0.4, 0.5) is 0 Å². The van der Waals surface area contributed by atoms with Crippen LogP contribution in [0.1, 0.15) is 34.0 Å². The number of carbonyl (C=O) groups excluding carboxylic acids is 2. The van der Waals surface area contributed by atoms with E-state index in [1.807, 2.05) is 47.4 Å². The van der Waals surface area contributed by atoms with E-state index in [0.717, 1.165) is 38.9 Å². The van der Waals surface area contributed by atoms with Gasteiger partial charge in [-0.2, -0.15) is 0 Å². The van der Waals surface area contributed by atoms with Gasteiger partial charge < -0.3 is 14.8 Å². The number of aryl methyl sites for hydroxylation is 1. The Bertz CT molecular complexity index is 1440. The maximum absolute atomic E-state index is 13.8. The first-order valence-electron chi connectivity index (χ1n) is 12.0. The summed E-state index contributed by atoms with van der Waals surface area (Å²) in [5, 5.41) is 1.81. The lowest BCUT2D eigenvalue weighted by Crippen LogP contribution is -2.63. The first-order valence-corrected chi connectivity index (χ1v) is 12.4. The SMILES string of the molecule is Cc1cccc([C@@H]2c3[nH]c4ccccc4c3C[C@H]3C(=O)N(CCc4ccc(Cl)cc4)CC(=O)N23)c1. The molecule has 1 aromatic heterocycles. The Kier molecular flexibility index (Phi) is 5.37. The Balaban J connectivity index is 1.38. The highest BCUT2D eigenvalue weighted by Gasteiger charge is 2.48. The summed E-state index contributed by atoms with van der Waals surface area (Å²) in [5.74, 6) is 0.00802. The molecule has 0 saturated carbocycles. The van der Waals surface area contributed by atoms with Crippen molar-refractivity contribution in [2.75, 3.05) is 13.1 Å². The molecule has 3 aromatic carbocycles. The van der Waals surface area contributed by atoms with E-state index in [1.165, 1.54) is 0 Å². The second kappa shape index (κ2) is 8.58. The number of H-pyrrole nitrogens is 1. The van der Waals surface area contributed by atoms with Crippen LogP contribution in [0.2, 0.25) is 5.02 Å². The summed E-state index contributed by atoms with van der Waals surface area (Å²) in [6, 6.07) is 23.3. The van der Waals surface area contributed by atoms with E-state index in [1.54, 1.807) is 4.90 Å². The van der Waals surface area contributed by atoms with Gasteiger partial charge in [-0.15, -0.1) is 0 Å². The lowest BCUT2D eigenvalue weighted by molar-refractivity contribution is -0.158. The van der Waals surface area contributed by atoms with Crippen LogP contribution in [0.5, 0.6) is 0 Å². The largest absolute Gasteiger partial charge is 0.356 e. The Morgan fingerprint density at radius 1 is 1.00 bits per heavy atom. The molecular weight excluding hydrogens is 458 g/mol. The van der Waals surface area contributed by atoms with Crippen molar-refractivity contribution in [2.45, 2.75) is 31.8 Å². The van der Waals surface area contributed by atoms with Crippen molar-refractivity contribution in [3.05, 3.63) is 106 Å². The van der Waals surface area contributed by atoms with Crippen LogP contribution in [0, 0.1) is 6.92 Å². The van der Waals surface area contributed by atoms with Crippen molar-refractivity contribution >= 4 is 34.3 Å². The summed E-state index contributed by atoms with van der Waals surface area (Å²) in [6.07, 6.45) is 1.20. The number of aromatic nitrogens is 1. The van der Waals surface area contributed by atoms with Crippen LogP contribution >= 0.6 is 11.6 Å². The minimum absolute atomic E-state index is 0.0125. The smallest absolute Gasteiger partial charge is 0.246 e. The molecule has 0 radical (unpaired) electrons. The van der Waals surface area contributed by atoms with Crippen LogP contribution in [-0.2, 0) is 22.4 Å². The lowest BCUT2D eigenvalue weighted by Gasteiger charge is -2.47. The van der Waals surface area contributed by atoms with Crippen molar-refractivity contribution in [3.8, 4) is 0 Å². The third-order valence-corrected chi connectivity index (χ3v) is 7.54. The maximum Gasteiger partial charge on any atom is 0.246 e. The zero-order valence-corrected chi connectivity index (χ0v) is 20.3. The number of piperazine rings is 1. The van der Waals surface area contributed by atoms with Gasteiger partial charge >= 0.3 is 0 Å². The third kappa shape index (κ3) is 3.80. The van der Waals surface area contributed by atoms with Gasteiger partial charge in [0.1, 0.15) is 6.04 Å². The highest BCUT2D eigenvalue weighted by Crippen LogP contribution is 2.42. The van der Waals surface area contributed by atoms with Gasteiger partial charge in [0.25, 0.3) is 0 Å². The van der Waals surface area contributed by atoms with Gasteiger partial charge in [0.05, 0.1) is 12.6 Å². The highest BCUT2D eigenvalue weighted by molar-refractivity contribution is 6.30. The number of aromatic amines is 1. The van der Waals surface area contributed by atoms with Gasteiger partial charge in [-0.25, -0.2) is 0 Å². The molecule has 2 amide bonds. The van der Waals surface area contributed by atoms with Crippen LogP contribution < -0.4 is 0 Å². The van der Waals surface area contributed by atoms with Crippen molar-refractivity contribution in [2.24, 2.45) is 0 Å². The lowest BCUT2D eigenvalue weighted by atomic mass is 9.86. The van der Waals surface area contributed by atoms with E-state index < -0.39 is 6.04 Å². The Morgan fingerprint density at radius 2 is 1.80 bits per heavy atom. The average Bonchev–Trinajstić information content (AvgIpc) is 3.23. The number of fused-ring (bicyclic) bond motifs is 4. The van der Waals surface area contributed by atoms with E-state index >= 15 is 0 Å². The molecule has 4 aromatic rings. The fraction of sp³-hybridized carbons (Fsp3) is 0.241. The van der Waals surface area contributed by atoms with Gasteiger partial charge in [-0.05, 0) is 48.2 Å². The monoisotopic (exact) mass is 483 g/mol. The van der Waals surface area contributed by atoms with Gasteiger partial charge in [0, 0.05) is 34.6 Å². The van der Waals surface area contributed by atoms with Gasteiger partial charge in [0.2, 0.25) is 11.8 Å². The van der Waals surface area contributed by atoms with Crippen molar-refractivity contribution < 1.29 is 9.59 Å². The van der Waals surface area contributed by atoms with Crippen molar-refractivity contribution in [1.82, 2.24) is 14.8 Å². The maximum atomic E-state index is 13.8. The van der Waals surface area contributed by atoms with Crippen molar-refractivity contribution in [1.29, 1.82) is 0 Å². The molecule has 3 heterocycles. The second-order valence-corrected chi connectivity index (χ2v) is 9.97. The quantitative estimate of drug-likeness (QED) is 0.441. The van der Waals surface area contributed by atoms with E-state index in [9.17, 15) is 9.59 Å². The van der Waals surface area contributed by atoms with Crippen LogP contribution in [-0.4, -0.2) is 45.7 Å². The number of hydrogen-bond donors (Lipinski definition) is 1.